The number of phenols is 1. The molecule has 2 aromatic carbocycles. The molecule has 0 saturated heterocycles. The van der Waals surface area contributed by atoms with Gasteiger partial charge in [0.05, 0.1) is 18.6 Å². The summed E-state index contributed by atoms with van der Waals surface area (Å²) >= 11 is 6.00. The summed E-state index contributed by atoms with van der Waals surface area (Å²) in [5, 5.41) is 10.1. The van der Waals surface area contributed by atoms with E-state index in [-0.39, 0.29) is 18.0 Å². The quantitative estimate of drug-likeness (QED) is 0.696. The number of esters is 1. The number of carbonyl (C=O) groups is 2. The van der Waals surface area contributed by atoms with Crippen molar-refractivity contribution in [3.8, 4) is 5.75 Å². The maximum atomic E-state index is 12.4. The zero-order chi connectivity index (χ0) is 15.4. The van der Waals surface area contributed by atoms with Gasteiger partial charge in [-0.2, -0.15) is 0 Å². The third-order valence-corrected chi connectivity index (χ3v) is 3.35. The van der Waals surface area contributed by atoms with Crippen molar-refractivity contribution in [2.45, 2.75) is 6.42 Å². The molecule has 5 heteroatoms. The van der Waals surface area contributed by atoms with E-state index in [4.69, 9.17) is 11.6 Å². The first kappa shape index (κ1) is 15.1. The van der Waals surface area contributed by atoms with Crippen LogP contribution < -0.4 is 0 Å². The summed E-state index contributed by atoms with van der Waals surface area (Å²) in [4.78, 5) is 23.7. The molecule has 0 atom stereocenters. The molecule has 2 aromatic rings. The molecule has 0 heterocycles. The number of ether oxygens (including phenoxy) is 1. The zero-order valence-corrected chi connectivity index (χ0v) is 12.1. The van der Waals surface area contributed by atoms with Gasteiger partial charge in [-0.25, -0.2) is 0 Å². The van der Waals surface area contributed by atoms with Gasteiger partial charge in [0.15, 0.2) is 5.78 Å². The van der Waals surface area contributed by atoms with Crippen LogP contribution in [0.25, 0.3) is 0 Å². The Hall–Kier alpha value is -2.33. The number of halogens is 1. The van der Waals surface area contributed by atoms with Gasteiger partial charge in [-0.3, -0.25) is 9.59 Å². The number of aromatic hydroxyl groups is 1. The third kappa shape index (κ3) is 3.41. The summed E-state index contributed by atoms with van der Waals surface area (Å²) in [6.07, 6.45) is -0.105. The Kier molecular flexibility index (Phi) is 4.60. The largest absolute Gasteiger partial charge is 0.508 e. The van der Waals surface area contributed by atoms with Crippen LogP contribution in [0.3, 0.4) is 0 Å². The van der Waals surface area contributed by atoms with Crippen molar-refractivity contribution in [3.63, 3.8) is 0 Å². The van der Waals surface area contributed by atoms with Crippen LogP contribution in [0.4, 0.5) is 0 Å². The maximum absolute atomic E-state index is 12.4. The lowest BCUT2D eigenvalue weighted by Crippen LogP contribution is -2.07. The Labute approximate surface area is 126 Å². The van der Waals surface area contributed by atoms with E-state index >= 15 is 0 Å². The summed E-state index contributed by atoms with van der Waals surface area (Å²) in [6, 6.07) is 11.0. The van der Waals surface area contributed by atoms with E-state index < -0.39 is 5.97 Å². The van der Waals surface area contributed by atoms with Gasteiger partial charge < -0.3 is 9.84 Å². The van der Waals surface area contributed by atoms with Crippen LogP contribution in [-0.2, 0) is 16.0 Å². The van der Waals surface area contributed by atoms with Crippen molar-refractivity contribution in [1.82, 2.24) is 0 Å². The molecule has 4 nitrogen and oxygen atoms in total. The highest BCUT2D eigenvalue weighted by Crippen LogP contribution is 2.24. The molecule has 0 aliphatic heterocycles. The topological polar surface area (TPSA) is 63.6 Å². The minimum atomic E-state index is -0.493. The van der Waals surface area contributed by atoms with E-state index in [1.807, 2.05) is 0 Å². The van der Waals surface area contributed by atoms with Crippen molar-refractivity contribution >= 4 is 23.4 Å². The number of methoxy groups -OCH3 is 1. The van der Waals surface area contributed by atoms with E-state index in [9.17, 15) is 14.7 Å². The fourth-order valence-corrected chi connectivity index (χ4v) is 2.12. The predicted octanol–water partition coefficient (Wildman–Crippen LogP) is 2.99. The molecule has 0 radical (unpaired) electrons. The fourth-order valence-electron chi connectivity index (χ4n) is 1.90. The van der Waals surface area contributed by atoms with Crippen molar-refractivity contribution in [2.24, 2.45) is 0 Å². The molecule has 0 aromatic heterocycles. The first-order valence-electron chi connectivity index (χ1n) is 6.21. The van der Waals surface area contributed by atoms with Crippen LogP contribution in [0, 0.1) is 0 Å². The van der Waals surface area contributed by atoms with E-state index in [2.05, 4.69) is 4.74 Å². The van der Waals surface area contributed by atoms with Gasteiger partial charge in [0.25, 0.3) is 0 Å². The highest BCUT2D eigenvalue weighted by Gasteiger charge is 2.15. The first-order valence-corrected chi connectivity index (χ1v) is 6.58. The van der Waals surface area contributed by atoms with Crippen LogP contribution in [0.1, 0.15) is 21.5 Å². The van der Waals surface area contributed by atoms with Gasteiger partial charge in [0.2, 0.25) is 0 Å². The maximum Gasteiger partial charge on any atom is 0.310 e. The predicted molar refractivity (Wildman–Crippen MR) is 78.7 cm³/mol. The summed E-state index contributed by atoms with van der Waals surface area (Å²) in [7, 11) is 1.26. The molecular weight excluding hydrogens is 292 g/mol. The molecule has 2 rings (SSSR count). The lowest BCUT2D eigenvalue weighted by Gasteiger charge is -2.07. The lowest BCUT2D eigenvalue weighted by atomic mass is 9.99. The van der Waals surface area contributed by atoms with Gasteiger partial charge in [0, 0.05) is 16.7 Å². The van der Waals surface area contributed by atoms with E-state index in [1.54, 1.807) is 24.3 Å². The summed E-state index contributed by atoms with van der Waals surface area (Å²) in [5.74, 6) is -0.824. The van der Waals surface area contributed by atoms with E-state index in [0.717, 1.165) is 0 Å². The van der Waals surface area contributed by atoms with Gasteiger partial charge in [-0.05, 0) is 30.3 Å². The summed E-state index contributed by atoms with van der Waals surface area (Å²) < 4.78 is 4.56. The Morgan fingerprint density at radius 3 is 2.57 bits per heavy atom. The lowest BCUT2D eigenvalue weighted by molar-refractivity contribution is -0.139. The van der Waals surface area contributed by atoms with Crippen LogP contribution in [-0.4, -0.2) is 24.0 Å². The molecule has 0 spiro atoms. The second-order valence-electron chi connectivity index (χ2n) is 4.41. The van der Waals surface area contributed by atoms with Crippen LogP contribution in [0.15, 0.2) is 42.5 Å². The van der Waals surface area contributed by atoms with Crippen LogP contribution >= 0.6 is 11.6 Å². The van der Waals surface area contributed by atoms with Crippen LogP contribution in [0.2, 0.25) is 5.02 Å². The number of carbonyl (C=O) groups excluding carboxylic acids is 2. The van der Waals surface area contributed by atoms with Crippen LogP contribution in [0.5, 0.6) is 5.75 Å². The number of rotatable bonds is 4. The number of benzene rings is 2. The molecule has 1 N–H and O–H groups in total. The molecule has 108 valence electrons. The second kappa shape index (κ2) is 6.41. The molecule has 0 saturated carbocycles. The third-order valence-electron chi connectivity index (χ3n) is 3.02. The molecule has 0 aliphatic carbocycles. The minimum Gasteiger partial charge on any atom is -0.508 e. The molecule has 0 aliphatic rings. The van der Waals surface area contributed by atoms with Crippen molar-refractivity contribution in [2.75, 3.05) is 7.11 Å². The molecule has 0 fully saturated rings. The average molecular weight is 305 g/mol. The Morgan fingerprint density at radius 2 is 1.90 bits per heavy atom. The second-order valence-corrected chi connectivity index (χ2v) is 4.81. The van der Waals surface area contributed by atoms with E-state index in [1.165, 1.54) is 25.3 Å². The molecular formula is C16H13ClO4. The van der Waals surface area contributed by atoms with Gasteiger partial charge >= 0.3 is 5.97 Å². The van der Waals surface area contributed by atoms with Gasteiger partial charge in [-0.1, -0.05) is 23.7 Å². The standard InChI is InChI=1S/C16H13ClO4/c1-21-15(19)9-11-8-10(6-7-14(11)18)16(20)12-4-2-3-5-13(12)17/h2-8,18H,9H2,1H3. The van der Waals surface area contributed by atoms with Gasteiger partial charge in [-0.15, -0.1) is 0 Å². The smallest absolute Gasteiger partial charge is 0.310 e. The SMILES string of the molecule is COC(=O)Cc1cc(C(=O)c2ccccc2Cl)ccc1O. The minimum absolute atomic E-state index is 0.0592. The number of phenolic OH excluding ortho intramolecular Hbond substituents is 1. The Morgan fingerprint density at radius 1 is 1.19 bits per heavy atom. The van der Waals surface area contributed by atoms with Crippen molar-refractivity contribution in [3.05, 3.63) is 64.2 Å². The Bertz CT molecular complexity index is 694. The monoisotopic (exact) mass is 304 g/mol. The molecule has 21 heavy (non-hydrogen) atoms. The van der Waals surface area contributed by atoms with Crippen molar-refractivity contribution in [1.29, 1.82) is 0 Å². The number of ketones is 1. The summed E-state index contributed by atoms with van der Waals surface area (Å²) in [5.41, 5.74) is 1.05. The van der Waals surface area contributed by atoms with E-state index in [0.29, 0.717) is 21.7 Å². The first-order chi connectivity index (χ1) is 10.0. The van der Waals surface area contributed by atoms with Gasteiger partial charge in [0.1, 0.15) is 5.75 Å². The normalized spacial score (nSPS) is 10.2. The average Bonchev–Trinajstić information content (AvgIpc) is 2.49. The fraction of sp³-hybridized carbons (Fsp3) is 0.125. The zero-order valence-electron chi connectivity index (χ0n) is 11.3. The number of hydrogen-bond acceptors (Lipinski definition) is 4. The number of hydrogen-bond donors (Lipinski definition) is 1. The highest BCUT2D eigenvalue weighted by molar-refractivity contribution is 6.35. The summed E-state index contributed by atoms with van der Waals surface area (Å²) in [6.45, 7) is 0. The Balaban J connectivity index is 2.37. The molecule has 0 unspecified atom stereocenters. The molecule has 0 bridgehead atoms. The van der Waals surface area contributed by atoms with Crippen molar-refractivity contribution < 1.29 is 19.4 Å². The molecule has 0 amide bonds. The highest BCUT2D eigenvalue weighted by atomic mass is 35.5.